The Bertz CT molecular complexity index is 1400. The van der Waals surface area contributed by atoms with Crippen molar-refractivity contribution in [3.05, 3.63) is 81.7 Å². The minimum atomic E-state index is -0.602. The number of amides is 2. The Kier molecular flexibility index (Phi) is 7.51. The molecule has 0 saturated carbocycles. The fourth-order valence-corrected chi connectivity index (χ4v) is 4.05. The highest BCUT2D eigenvalue weighted by Gasteiger charge is 2.34. The van der Waals surface area contributed by atoms with Gasteiger partial charge in [-0.25, -0.2) is 4.79 Å². The second-order valence-corrected chi connectivity index (χ2v) is 8.70. The number of nitrogens with one attached hydrogen (secondary N) is 1. The summed E-state index contributed by atoms with van der Waals surface area (Å²) in [5.74, 6) is -0.500. The van der Waals surface area contributed by atoms with Gasteiger partial charge in [0.1, 0.15) is 17.9 Å². The molecule has 0 aliphatic carbocycles. The second kappa shape index (κ2) is 10.8. The molecule has 1 aromatic heterocycles. The topological polar surface area (TPSA) is 107 Å². The Morgan fingerprint density at radius 1 is 1.11 bits per heavy atom. The Morgan fingerprint density at radius 3 is 2.64 bits per heavy atom. The highest BCUT2D eigenvalue weighted by atomic mass is 79.9. The quantitative estimate of drug-likeness (QED) is 0.194. The molecule has 0 radical (unpaired) electrons. The van der Waals surface area contributed by atoms with Gasteiger partial charge in [0.2, 0.25) is 5.76 Å². The number of hydrogen-bond acceptors (Lipinski definition) is 8. The molecule has 0 spiro atoms. The lowest BCUT2D eigenvalue weighted by molar-refractivity contribution is -0.122. The molecule has 0 unspecified atom stereocenters. The van der Waals surface area contributed by atoms with E-state index < -0.39 is 17.8 Å². The number of carbonyl (C=O) groups is 3. The van der Waals surface area contributed by atoms with E-state index in [1.165, 1.54) is 31.3 Å². The monoisotopic (exact) mass is 570 g/mol. The minimum absolute atomic E-state index is 0.00476. The van der Waals surface area contributed by atoms with Crippen LogP contribution in [0.25, 0.3) is 6.08 Å². The molecule has 3 aromatic rings. The van der Waals surface area contributed by atoms with Crippen LogP contribution < -0.4 is 19.7 Å². The van der Waals surface area contributed by atoms with Crippen LogP contribution in [0.2, 0.25) is 0 Å². The fraction of sp³-hybridized carbons (Fsp3) is 0.120. The van der Waals surface area contributed by atoms with Crippen molar-refractivity contribution in [1.82, 2.24) is 5.32 Å². The van der Waals surface area contributed by atoms with Crippen LogP contribution in [0.15, 0.2) is 69.1 Å². The number of methoxy groups -OCH3 is 2. The molecule has 1 saturated heterocycles. The number of benzene rings is 2. The van der Waals surface area contributed by atoms with Gasteiger partial charge in [-0.05, 0) is 66.3 Å². The molecule has 2 amide bonds. The van der Waals surface area contributed by atoms with Gasteiger partial charge < -0.3 is 18.6 Å². The Hall–Kier alpha value is -3.96. The van der Waals surface area contributed by atoms with E-state index in [2.05, 4.69) is 26.0 Å². The molecular formula is C25H19BrN2O7S. The highest BCUT2D eigenvalue weighted by Crippen LogP contribution is 2.31. The molecule has 9 nitrogen and oxygen atoms in total. The van der Waals surface area contributed by atoms with Crippen molar-refractivity contribution >= 4 is 62.8 Å². The Morgan fingerprint density at radius 2 is 1.92 bits per heavy atom. The van der Waals surface area contributed by atoms with Crippen LogP contribution in [0.1, 0.15) is 21.9 Å². The van der Waals surface area contributed by atoms with E-state index in [1.807, 2.05) is 6.07 Å². The van der Waals surface area contributed by atoms with Crippen molar-refractivity contribution in [2.75, 3.05) is 19.1 Å². The largest absolute Gasteiger partial charge is 0.493 e. The molecule has 4 rings (SSSR count). The molecule has 184 valence electrons. The van der Waals surface area contributed by atoms with Crippen LogP contribution >= 0.6 is 28.1 Å². The minimum Gasteiger partial charge on any atom is -0.493 e. The summed E-state index contributed by atoms with van der Waals surface area (Å²) in [6, 6.07) is 15.0. The van der Waals surface area contributed by atoms with Gasteiger partial charge in [0.05, 0.1) is 19.9 Å². The predicted molar refractivity (Wildman–Crippen MR) is 138 cm³/mol. The van der Waals surface area contributed by atoms with Gasteiger partial charge in [-0.2, -0.15) is 0 Å². The standard InChI is InChI=1S/C25H19BrN2O7S/c1-32-21-11-14(6-8-19(21)34-13-17-7-9-20(35-17)24(31)33-2)10-18-22(29)27-25(36)28(23(18)30)16-5-3-4-15(26)12-16/h3-12H,13H2,1-2H3,(H,27,29,36)/b18-10-. The summed E-state index contributed by atoms with van der Waals surface area (Å²) in [4.78, 5) is 38.6. The Labute approximate surface area is 219 Å². The third kappa shape index (κ3) is 5.31. The molecule has 2 aromatic carbocycles. The average molecular weight is 571 g/mol. The van der Waals surface area contributed by atoms with Crippen LogP contribution in [0.4, 0.5) is 5.69 Å². The van der Waals surface area contributed by atoms with Crippen molar-refractivity contribution in [2.45, 2.75) is 6.61 Å². The van der Waals surface area contributed by atoms with Crippen molar-refractivity contribution in [3.8, 4) is 11.5 Å². The molecule has 1 fully saturated rings. The summed E-state index contributed by atoms with van der Waals surface area (Å²) in [7, 11) is 2.73. The van der Waals surface area contributed by atoms with Gasteiger partial charge >= 0.3 is 5.97 Å². The van der Waals surface area contributed by atoms with E-state index in [9.17, 15) is 14.4 Å². The number of esters is 1. The van der Waals surface area contributed by atoms with Gasteiger partial charge in [-0.1, -0.05) is 28.1 Å². The van der Waals surface area contributed by atoms with E-state index in [-0.39, 0.29) is 23.1 Å². The van der Waals surface area contributed by atoms with Gasteiger partial charge in [0.25, 0.3) is 11.8 Å². The maximum atomic E-state index is 13.2. The average Bonchev–Trinajstić information content (AvgIpc) is 3.34. The lowest BCUT2D eigenvalue weighted by Gasteiger charge is -2.29. The zero-order valence-electron chi connectivity index (χ0n) is 19.1. The highest BCUT2D eigenvalue weighted by molar-refractivity contribution is 9.10. The first-order valence-corrected chi connectivity index (χ1v) is 11.7. The summed E-state index contributed by atoms with van der Waals surface area (Å²) in [5, 5.41) is 2.55. The second-order valence-electron chi connectivity index (χ2n) is 7.39. The smallest absolute Gasteiger partial charge is 0.373 e. The summed E-state index contributed by atoms with van der Waals surface area (Å²) in [6.45, 7) is 0.0354. The predicted octanol–water partition coefficient (Wildman–Crippen LogP) is 4.25. The van der Waals surface area contributed by atoms with Crippen LogP contribution in [-0.2, 0) is 20.9 Å². The van der Waals surface area contributed by atoms with E-state index in [0.29, 0.717) is 28.5 Å². The number of ether oxygens (including phenoxy) is 3. The molecule has 1 aliphatic heterocycles. The van der Waals surface area contributed by atoms with Crippen molar-refractivity contribution < 1.29 is 33.0 Å². The number of furan rings is 1. The molecule has 1 aliphatic rings. The third-order valence-electron chi connectivity index (χ3n) is 5.08. The van der Waals surface area contributed by atoms with Gasteiger partial charge in [-0.15, -0.1) is 0 Å². The summed E-state index contributed by atoms with van der Waals surface area (Å²) in [5.41, 5.74) is 0.954. The number of anilines is 1. The lowest BCUT2D eigenvalue weighted by atomic mass is 10.1. The van der Waals surface area contributed by atoms with Crippen molar-refractivity contribution in [1.29, 1.82) is 0 Å². The first-order valence-electron chi connectivity index (χ1n) is 10.5. The van der Waals surface area contributed by atoms with Crippen LogP contribution in [0.3, 0.4) is 0 Å². The molecular weight excluding hydrogens is 552 g/mol. The van der Waals surface area contributed by atoms with Gasteiger partial charge in [0.15, 0.2) is 16.6 Å². The van der Waals surface area contributed by atoms with Gasteiger partial charge in [0, 0.05) is 4.47 Å². The number of hydrogen-bond donors (Lipinski definition) is 1. The van der Waals surface area contributed by atoms with Crippen LogP contribution in [0.5, 0.6) is 11.5 Å². The Balaban J connectivity index is 1.56. The fourth-order valence-electron chi connectivity index (χ4n) is 3.38. The SMILES string of the molecule is COC(=O)c1ccc(COc2ccc(/C=C3/C(=O)NC(=S)N(c4cccc(Br)c4)C3=O)cc2OC)o1. The number of carbonyl (C=O) groups excluding carboxylic acids is 3. The summed E-state index contributed by atoms with van der Waals surface area (Å²) >= 11 is 8.61. The number of halogens is 1. The molecule has 36 heavy (non-hydrogen) atoms. The maximum absolute atomic E-state index is 13.2. The van der Waals surface area contributed by atoms with E-state index >= 15 is 0 Å². The van der Waals surface area contributed by atoms with E-state index in [0.717, 1.165) is 4.47 Å². The van der Waals surface area contributed by atoms with Gasteiger partial charge in [-0.3, -0.25) is 19.8 Å². The number of rotatable bonds is 7. The van der Waals surface area contributed by atoms with Crippen LogP contribution in [0, 0.1) is 0 Å². The maximum Gasteiger partial charge on any atom is 0.373 e. The third-order valence-corrected chi connectivity index (χ3v) is 5.86. The summed E-state index contributed by atoms with van der Waals surface area (Å²) < 4.78 is 21.9. The molecule has 0 bridgehead atoms. The lowest BCUT2D eigenvalue weighted by Crippen LogP contribution is -2.54. The first-order chi connectivity index (χ1) is 17.3. The molecule has 0 atom stereocenters. The zero-order valence-corrected chi connectivity index (χ0v) is 21.5. The van der Waals surface area contributed by atoms with Crippen molar-refractivity contribution in [3.63, 3.8) is 0 Å². The van der Waals surface area contributed by atoms with E-state index in [1.54, 1.807) is 42.5 Å². The first kappa shape index (κ1) is 25.1. The normalized spacial score (nSPS) is 14.6. The number of thiocarbonyl (C=S) groups is 1. The van der Waals surface area contributed by atoms with E-state index in [4.69, 9.17) is 26.1 Å². The van der Waals surface area contributed by atoms with Crippen LogP contribution in [-0.4, -0.2) is 37.1 Å². The zero-order chi connectivity index (χ0) is 25.8. The molecule has 11 heteroatoms. The summed E-state index contributed by atoms with van der Waals surface area (Å²) in [6.07, 6.45) is 1.45. The number of nitrogens with zero attached hydrogens (tertiary/aromatic N) is 1. The van der Waals surface area contributed by atoms with Crippen molar-refractivity contribution in [2.24, 2.45) is 0 Å². The molecule has 1 N–H and O–H groups in total. The molecule has 2 heterocycles.